The summed E-state index contributed by atoms with van der Waals surface area (Å²) in [5.74, 6) is -3.58. The topological polar surface area (TPSA) is 46.3 Å². The van der Waals surface area contributed by atoms with Gasteiger partial charge >= 0.3 is 0 Å². The normalized spacial score (nSPS) is 28.6. The zero-order chi connectivity index (χ0) is 9.19. The van der Waals surface area contributed by atoms with Gasteiger partial charge in [-0.3, -0.25) is 4.79 Å². The SMILES string of the molecule is NCC1CCN(C=O)CC1(F)F. The number of hydrogen-bond donors (Lipinski definition) is 1. The third-order valence-electron chi connectivity index (χ3n) is 2.21. The first kappa shape index (κ1) is 9.38. The third-order valence-corrected chi connectivity index (χ3v) is 2.21. The molecule has 2 N–H and O–H groups in total. The van der Waals surface area contributed by atoms with E-state index >= 15 is 0 Å². The number of piperidine rings is 1. The van der Waals surface area contributed by atoms with Crippen LogP contribution in [0.15, 0.2) is 0 Å². The third kappa shape index (κ3) is 1.72. The molecule has 0 aromatic rings. The Hall–Kier alpha value is -0.710. The molecule has 1 atom stereocenters. The maximum atomic E-state index is 13.0. The molecular weight excluding hydrogens is 166 g/mol. The Balaban J connectivity index is 2.60. The standard InChI is InChI=1S/C7H12F2N2O/c8-7(9)4-11(5-12)2-1-6(7)3-10/h5-6H,1-4,10H2. The van der Waals surface area contributed by atoms with Gasteiger partial charge in [-0.05, 0) is 6.42 Å². The lowest BCUT2D eigenvalue weighted by atomic mass is 9.93. The second-order valence-corrected chi connectivity index (χ2v) is 3.06. The minimum absolute atomic E-state index is 0.0142. The Morgan fingerprint density at radius 3 is 2.75 bits per heavy atom. The molecule has 0 aromatic carbocycles. The van der Waals surface area contributed by atoms with Crippen LogP contribution in [-0.2, 0) is 4.79 Å². The Morgan fingerprint density at radius 2 is 2.33 bits per heavy atom. The fraction of sp³-hybridized carbons (Fsp3) is 0.857. The van der Waals surface area contributed by atoms with Crippen molar-refractivity contribution in [3.8, 4) is 0 Å². The van der Waals surface area contributed by atoms with Crippen molar-refractivity contribution in [1.29, 1.82) is 0 Å². The van der Waals surface area contributed by atoms with Gasteiger partial charge in [0.2, 0.25) is 6.41 Å². The summed E-state index contributed by atoms with van der Waals surface area (Å²) in [6, 6.07) is 0. The summed E-state index contributed by atoms with van der Waals surface area (Å²) >= 11 is 0. The summed E-state index contributed by atoms with van der Waals surface area (Å²) in [6.45, 7) is -0.112. The molecule has 1 saturated heterocycles. The molecule has 3 nitrogen and oxygen atoms in total. The van der Waals surface area contributed by atoms with Gasteiger partial charge in [0.05, 0.1) is 6.54 Å². The number of rotatable bonds is 2. The second-order valence-electron chi connectivity index (χ2n) is 3.06. The number of halogens is 2. The number of hydrogen-bond acceptors (Lipinski definition) is 2. The molecule has 0 radical (unpaired) electrons. The highest BCUT2D eigenvalue weighted by atomic mass is 19.3. The van der Waals surface area contributed by atoms with Crippen molar-refractivity contribution in [3.05, 3.63) is 0 Å². The first-order chi connectivity index (χ1) is 5.60. The first-order valence-electron chi connectivity index (χ1n) is 3.87. The molecule has 0 bridgehead atoms. The highest BCUT2D eigenvalue weighted by Crippen LogP contribution is 2.31. The maximum absolute atomic E-state index is 13.0. The van der Waals surface area contributed by atoms with E-state index in [-0.39, 0.29) is 6.54 Å². The van der Waals surface area contributed by atoms with Crippen molar-refractivity contribution in [2.45, 2.75) is 12.3 Å². The molecular formula is C7H12F2N2O. The first-order valence-corrected chi connectivity index (χ1v) is 3.87. The van der Waals surface area contributed by atoms with Crippen LogP contribution in [-0.4, -0.2) is 36.9 Å². The van der Waals surface area contributed by atoms with Gasteiger partial charge in [0.25, 0.3) is 5.92 Å². The molecule has 1 rings (SSSR count). The number of carbonyl (C=O) groups is 1. The predicted molar refractivity (Wildman–Crippen MR) is 39.7 cm³/mol. The average Bonchev–Trinajstić information content (AvgIpc) is 2.02. The molecule has 0 spiro atoms. The van der Waals surface area contributed by atoms with Crippen LogP contribution in [0.4, 0.5) is 8.78 Å². The Morgan fingerprint density at radius 1 is 1.67 bits per heavy atom. The van der Waals surface area contributed by atoms with Gasteiger partial charge in [-0.1, -0.05) is 0 Å². The van der Waals surface area contributed by atoms with E-state index in [2.05, 4.69) is 0 Å². The van der Waals surface area contributed by atoms with E-state index in [9.17, 15) is 13.6 Å². The zero-order valence-electron chi connectivity index (χ0n) is 6.67. The lowest BCUT2D eigenvalue weighted by Crippen LogP contribution is -2.50. The lowest BCUT2D eigenvalue weighted by Gasteiger charge is -2.35. The van der Waals surface area contributed by atoms with Crippen molar-refractivity contribution in [2.75, 3.05) is 19.6 Å². The largest absolute Gasteiger partial charge is 0.339 e. The van der Waals surface area contributed by atoms with Crippen LogP contribution >= 0.6 is 0 Å². The molecule has 1 fully saturated rings. The van der Waals surface area contributed by atoms with Crippen molar-refractivity contribution in [2.24, 2.45) is 11.7 Å². The van der Waals surface area contributed by atoms with E-state index in [1.54, 1.807) is 0 Å². The lowest BCUT2D eigenvalue weighted by molar-refractivity contribution is -0.137. The summed E-state index contributed by atoms with van der Waals surface area (Å²) in [7, 11) is 0. The minimum atomic E-state index is -2.81. The minimum Gasteiger partial charge on any atom is -0.339 e. The smallest absolute Gasteiger partial charge is 0.269 e. The molecule has 12 heavy (non-hydrogen) atoms. The predicted octanol–water partition coefficient (Wildman–Crippen LogP) is 0.0587. The summed E-state index contributed by atoms with van der Waals surface area (Å²) in [4.78, 5) is 11.3. The number of nitrogens with zero attached hydrogens (tertiary/aromatic N) is 1. The van der Waals surface area contributed by atoms with Crippen LogP contribution in [0.5, 0.6) is 0 Å². The monoisotopic (exact) mass is 178 g/mol. The van der Waals surface area contributed by atoms with Gasteiger partial charge in [0.1, 0.15) is 0 Å². The number of nitrogens with two attached hydrogens (primary N) is 1. The summed E-state index contributed by atoms with van der Waals surface area (Å²) in [5, 5.41) is 0. The fourth-order valence-electron chi connectivity index (χ4n) is 1.39. The van der Waals surface area contributed by atoms with Crippen LogP contribution in [0.25, 0.3) is 0 Å². The zero-order valence-corrected chi connectivity index (χ0v) is 6.67. The van der Waals surface area contributed by atoms with E-state index in [0.717, 1.165) is 4.90 Å². The molecule has 1 amide bonds. The number of alkyl halides is 2. The Labute approximate surface area is 69.5 Å². The molecule has 1 unspecified atom stereocenters. The molecule has 1 heterocycles. The van der Waals surface area contributed by atoms with Gasteiger partial charge < -0.3 is 10.6 Å². The van der Waals surface area contributed by atoms with E-state index in [1.165, 1.54) is 0 Å². The number of amides is 1. The van der Waals surface area contributed by atoms with Crippen LogP contribution in [0.1, 0.15) is 6.42 Å². The molecule has 1 aliphatic rings. The van der Waals surface area contributed by atoms with Crippen LogP contribution < -0.4 is 5.73 Å². The molecule has 70 valence electrons. The second kappa shape index (κ2) is 3.35. The van der Waals surface area contributed by atoms with E-state index in [0.29, 0.717) is 19.4 Å². The van der Waals surface area contributed by atoms with E-state index < -0.39 is 18.4 Å². The maximum Gasteiger partial charge on any atom is 0.269 e. The molecule has 0 aromatic heterocycles. The van der Waals surface area contributed by atoms with Crippen molar-refractivity contribution < 1.29 is 13.6 Å². The summed E-state index contributed by atoms with van der Waals surface area (Å²) in [6.07, 6.45) is 0.753. The number of carbonyl (C=O) groups excluding carboxylic acids is 1. The Kier molecular flexibility index (Phi) is 2.62. The highest BCUT2D eigenvalue weighted by Gasteiger charge is 2.43. The number of likely N-dealkylation sites (tertiary alicyclic amines) is 1. The van der Waals surface area contributed by atoms with Crippen LogP contribution in [0.3, 0.4) is 0 Å². The van der Waals surface area contributed by atoms with Crippen LogP contribution in [0.2, 0.25) is 0 Å². The van der Waals surface area contributed by atoms with Gasteiger partial charge in [0.15, 0.2) is 0 Å². The van der Waals surface area contributed by atoms with E-state index in [4.69, 9.17) is 5.73 Å². The van der Waals surface area contributed by atoms with Crippen molar-refractivity contribution >= 4 is 6.41 Å². The van der Waals surface area contributed by atoms with Crippen LogP contribution in [0, 0.1) is 5.92 Å². The summed E-state index contributed by atoms with van der Waals surface area (Å²) < 4.78 is 26.1. The van der Waals surface area contributed by atoms with Crippen molar-refractivity contribution in [3.63, 3.8) is 0 Å². The molecule has 0 saturated carbocycles. The highest BCUT2D eigenvalue weighted by molar-refractivity contribution is 5.47. The molecule has 1 aliphatic heterocycles. The van der Waals surface area contributed by atoms with Gasteiger partial charge in [-0.15, -0.1) is 0 Å². The van der Waals surface area contributed by atoms with Gasteiger partial charge in [0, 0.05) is 19.0 Å². The summed E-state index contributed by atoms with van der Waals surface area (Å²) in [5.41, 5.74) is 5.18. The van der Waals surface area contributed by atoms with Gasteiger partial charge in [-0.25, -0.2) is 8.78 Å². The fourth-order valence-corrected chi connectivity index (χ4v) is 1.39. The van der Waals surface area contributed by atoms with E-state index in [1.807, 2.05) is 0 Å². The molecule has 5 heteroatoms. The quantitative estimate of drug-likeness (QED) is 0.608. The van der Waals surface area contributed by atoms with Crippen molar-refractivity contribution in [1.82, 2.24) is 4.90 Å². The van der Waals surface area contributed by atoms with Gasteiger partial charge in [-0.2, -0.15) is 0 Å². The average molecular weight is 178 g/mol. The Bertz CT molecular complexity index is 175. The molecule has 0 aliphatic carbocycles.